The van der Waals surface area contributed by atoms with Gasteiger partial charge in [0.1, 0.15) is 0 Å². The number of halogens is 2. The van der Waals surface area contributed by atoms with Crippen LogP contribution >= 0.6 is 0 Å². The van der Waals surface area contributed by atoms with Gasteiger partial charge in [0, 0.05) is 13.6 Å². The zero-order valence-electron chi connectivity index (χ0n) is 12.8. The van der Waals surface area contributed by atoms with Crippen LogP contribution in [0.15, 0.2) is 17.0 Å². The molecule has 4 nitrogen and oxygen atoms in total. The molecule has 1 rings (SSSR count). The van der Waals surface area contributed by atoms with Crippen LogP contribution in [-0.4, -0.2) is 39.3 Å². The van der Waals surface area contributed by atoms with E-state index < -0.39 is 23.0 Å². The third-order valence-electron chi connectivity index (χ3n) is 3.28. The summed E-state index contributed by atoms with van der Waals surface area (Å²) in [5, 5.41) is 3.14. The lowest BCUT2D eigenvalue weighted by Gasteiger charge is -2.19. The Hall–Kier alpha value is -1.05. The Morgan fingerprint density at radius 1 is 1.24 bits per heavy atom. The molecule has 0 amide bonds. The first-order valence-electron chi connectivity index (χ1n) is 6.75. The number of nitrogens with one attached hydrogen (secondary N) is 1. The maximum absolute atomic E-state index is 12.4. The maximum atomic E-state index is 12.4. The second kappa shape index (κ2) is 7.29. The number of nitrogens with zero attached hydrogens (tertiary/aromatic N) is 1. The topological polar surface area (TPSA) is 49.4 Å². The molecule has 1 aromatic carbocycles. The predicted octanol–water partition coefficient (Wildman–Crippen LogP) is 2.30. The molecule has 0 spiro atoms. The van der Waals surface area contributed by atoms with E-state index in [0.29, 0.717) is 16.4 Å². The molecule has 0 saturated carbocycles. The van der Waals surface area contributed by atoms with E-state index in [1.165, 1.54) is 7.05 Å². The quantitative estimate of drug-likeness (QED) is 0.839. The highest BCUT2D eigenvalue weighted by atomic mass is 32.2. The van der Waals surface area contributed by atoms with E-state index >= 15 is 0 Å². The summed E-state index contributed by atoms with van der Waals surface area (Å²) in [5.41, 5.74) is 2.39. The van der Waals surface area contributed by atoms with Crippen LogP contribution in [0.2, 0.25) is 0 Å². The van der Waals surface area contributed by atoms with Crippen molar-refractivity contribution >= 4 is 10.0 Å². The van der Waals surface area contributed by atoms with Gasteiger partial charge in [0.25, 0.3) is 6.43 Å². The van der Waals surface area contributed by atoms with Gasteiger partial charge in [-0.15, -0.1) is 0 Å². The summed E-state index contributed by atoms with van der Waals surface area (Å²) in [6.45, 7) is 6.03. The minimum Gasteiger partial charge on any atom is -0.313 e. The van der Waals surface area contributed by atoms with E-state index in [1.807, 2.05) is 13.8 Å². The lowest BCUT2D eigenvalue weighted by molar-refractivity contribution is 0.126. The molecule has 0 unspecified atom stereocenters. The molecule has 0 aliphatic carbocycles. The van der Waals surface area contributed by atoms with Crippen LogP contribution in [0.5, 0.6) is 0 Å². The molecule has 0 saturated heterocycles. The average molecular weight is 320 g/mol. The number of hydrogen-bond acceptors (Lipinski definition) is 3. The zero-order chi connectivity index (χ0) is 16.2. The molecule has 120 valence electrons. The molecule has 7 heteroatoms. The van der Waals surface area contributed by atoms with Crippen molar-refractivity contribution in [2.45, 2.75) is 38.6 Å². The Bertz CT molecular complexity index is 589. The molecule has 1 N–H and O–H groups in total. The number of benzene rings is 1. The smallest absolute Gasteiger partial charge is 0.252 e. The minimum atomic E-state index is -3.90. The second-order valence-electron chi connectivity index (χ2n) is 5.00. The molecule has 0 aromatic heterocycles. The number of sulfonamides is 1. The summed E-state index contributed by atoms with van der Waals surface area (Å²) in [6.07, 6.45) is -2.70. The van der Waals surface area contributed by atoms with Crippen molar-refractivity contribution in [3.05, 3.63) is 28.8 Å². The number of rotatable bonds is 7. The van der Waals surface area contributed by atoms with Gasteiger partial charge in [-0.3, -0.25) is 0 Å². The summed E-state index contributed by atoms with van der Waals surface area (Å²) >= 11 is 0. The Kier molecular flexibility index (Phi) is 6.24. The van der Waals surface area contributed by atoms with Crippen molar-refractivity contribution in [1.82, 2.24) is 9.62 Å². The fraction of sp³-hybridized carbons (Fsp3) is 0.571. The third-order valence-corrected chi connectivity index (χ3v) is 5.25. The molecule has 0 aliphatic heterocycles. The SMILES string of the molecule is CCNCc1cc(S(=O)(=O)N(C)CC(F)F)c(C)cc1C. The van der Waals surface area contributed by atoms with Gasteiger partial charge in [0.15, 0.2) is 0 Å². The molecule has 0 atom stereocenters. The molecule has 0 radical (unpaired) electrons. The highest BCUT2D eigenvalue weighted by molar-refractivity contribution is 7.89. The largest absolute Gasteiger partial charge is 0.313 e. The van der Waals surface area contributed by atoms with Crippen molar-refractivity contribution < 1.29 is 17.2 Å². The van der Waals surface area contributed by atoms with Gasteiger partial charge < -0.3 is 5.32 Å². The van der Waals surface area contributed by atoms with Crippen molar-refractivity contribution in [2.75, 3.05) is 20.1 Å². The van der Waals surface area contributed by atoms with E-state index in [4.69, 9.17) is 0 Å². The Balaban J connectivity index is 3.22. The molecule has 0 fully saturated rings. The highest BCUT2D eigenvalue weighted by Gasteiger charge is 2.25. The van der Waals surface area contributed by atoms with Crippen LogP contribution < -0.4 is 5.32 Å². The van der Waals surface area contributed by atoms with Crippen LogP contribution in [0.1, 0.15) is 23.6 Å². The summed E-state index contributed by atoms with van der Waals surface area (Å²) in [5.74, 6) is 0. The Morgan fingerprint density at radius 2 is 1.86 bits per heavy atom. The van der Waals surface area contributed by atoms with Gasteiger partial charge in [-0.25, -0.2) is 17.2 Å². The highest BCUT2D eigenvalue weighted by Crippen LogP contribution is 2.23. The van der Waals surface area contributed by atoms with Gasteiger partial charge >= 0.3 is 0 Å². The van der Waals surface area contributed by atoms with Crippen molar-refractivity contribution in [3.63, 3.8) is 0 Å². The monoisotopic (exact) mass is 320 g/mol. The molecule has 0 bridgehead atoms. The fourth-order valence-electron chi connectivity index (χ4n) is 2.06. The molecular formula is C14H22F2N2O2S. The van der Waals surface area contributed by atoms with E-state index in [0.717, 1.165) is 17.7 Å². The first-order chi connectivity index (χ1) is 9.70. The van der Waals surface area contributed by atoms with Crippen molar-refractivity contribution in [2.24, 2.45) is 0 Å². The summed E-state index contributed by atoms with van der Waals surface area (Å²) in [4.78, 5) is 0.0872. The molecule has 1 aromatic rings. The number of aryl methyl sites for hydroxylation is 2. The summed E-state index contributed by atoms with van der Waals surface area (Å²) < 4.78 is 50.3. The van der Waals surface area contributed by atoms with Crippen LogP contribution in [0.4, 0.5) is 8.78 Å². The van der Waals surface area contributed by atoms with Gasteiger partial charge in [-0.1, -0.05) is 13.0 Å². The predicted molar refractivity (Wildman–Crippen MR) is 79.1 cm³/mol. The van der Waals surface area contributed by atoms with Crippen LogP contribution in [0, 0.1) is 13.8 Å². The summed E-state index contributed by atoms with van der Waals surface area (Å²) in [6, 6.07) is 3.35. The van der Waals surface area contributed by atoms with Gasteiger partial charge in [-0.05, 0) is 43.1 Å². The van der Waals surface area contributed by atoms with Crippen molar-refractivity contribution in [3.8, 4) is 0 Å². The van der Waals surface area contributed by atoms with E-state index in [9.17, 15) is 17.2 Å². The van der Waals surface area contributed by atoms with Gasteiger partial charge in [0.2, 0.25) is 10.0 Å². The lowest BCUT2D eigenvalue weighted by atomic mass is 10.1. The van der Waals surface area contributed by atoms with E-state index in [2.05, 4.69) is 5.32 Å². The van der Waals surface area contributed by atoms with Crippen LogP contribution in [0.3, 0.4) is 0 Å². The minimum absolute atomic E-state index is 0.0872. The van der Waals surface area contributed by atoms with Crippen LogP contribution in [0.25, 0.3) is 0 Å². The lowest BCUT2D eigenvalue weighted by Crippen LogP contribution is -2.32. The van der Waals surface area contributed by atoms with Crippen molar-refractivity contribution in [1.29, 1.82) is 0 Å². The van der Waals surface area contributed by atoms with E-state index in [-0.39, 0.29) is 4.90 Å². The van der Waals surface area contributed by atoms with Gasteiger partial charge in [-0.2, -0.15) is 4.31 Å². The molecular weight excluding hydrogens is 298 g/mol. The average Bonchev–Trinajstić information content (AvgIpc) is 2.36. The maximum Gasteiger partial charge on any atom is 0.252 e. The summed E-state index contributed by atoms with van der Waals surface area (Å²) in [7, 11) is -2.73. The third kappa shape index (κ3) is 4.46. The second-order valence-corrected chi connectivity index (χ2v) is 7.01. The standard InChI is InChI=1S/C14H22F2N2O2S/c1-5-17-8-12-7-13(11(3)6-10(12)2)21(19,20)18(4)9-14(15)16/h6-7,14,17H,5,8-9H2,1-4H3. The Morgan fingerprint density at radius 3 is 2.38 bits per heavy atom. The molecule has 0 heterocycles. The molecule has 21 heavy (non-hydrogen) atoms. The number of hydrogen-bond donors (Lipinski definition) is 1. The van der Waals surface area contributed by atoms with E-state index in [1.54, 1.807) is 19.1 Å². The normalized spacial score (nSPS) is 12.4. The first kappa shape index (κ1) is 18.0. The zero-order valence-corrected chi connectivity index (χ0v) is 13.6. The number of alkyl halides is 2. The molecule has 0 aliphatic rings. The Labute approximate surface area is 125 Å². The van der Waals surface area contributed by atoms with Gasteiger partial charge in [0.05, 0.1) is 11.4 Å². The fourth-order valence-corrected chi connectivity index (χ4v) is 3.46. The van der Waals surface area contributed by atoms with Crippen LogP contribution in [-0.2, 0) is 16.6 Å². The first-order valence-corrected chi connectivity index (χ1v) is 8.19.